The van der Waals surface area contributed by atoms with E-state index in [1.807, 2.05) is 49.4 Å². The molecule has 1 aliphatic heterocycles. The summed E-state index contributed by atoms with van der Waals surface area (Å²) in [4.78, 5) is 12.5. The van der Waals surface area contributed by atoms with Crippen molar-refractivity contribution in [2.24, 2.45) is 0 Å². The van der Waals surface area contributed by atoms with Crippen LogP contribution in [0.2, 0.25) is 0 Å². The second kappa shape index (κ2) is 7.98. The van der Waals surface area contributed by atoms with Crippen molar-refractivity contribution in [2.75, 3.05) is 18.5 Å². The molecule has 126 valence electrons. The van der Waals surface area contributed by atoms with Crippen LogP contribution in [0, 0.1) is 10.5 Å². The van der Waals surface area contributed by atoms with E-state index in [9.17, 15) is 4.79 Å². The Balaban J connectivity index is 1.69. The Kier molecular flexibility index (Phi) is 5.73. The van der Waals surface area contributed by atoms with Gasteiger partial charge < -0.3 is 14.8 Å². The molecule has 1 heterocycles. The van der Waals surface area contributed by atoms with Crippen LogP contribution in [0.15, 0.2) is 42.5 Å². The van der Waals surface area contributed by atoms with Crippen LogP contribution in [0.25, 0.3) is 0 Å². The van der Waals surface area contributed by atoms with Crippen LogP contribution >= 0.6 is 22.6 Å². The smallest absolute Gasteiger partial charge is 0.255 e. The molecule has 2 aromatic carbocycles. The van der Waals surface area contributed by atoms with E-state index < -0.39 is 0 Å². The van der Waals surface area contributed by atoms with Gasteiger partial charge in [0.05, 0.1) is 11.8 Å². The summed E-state index contributed by atoms with van der Waals surface area (Å²) in [5.41, 5.74) is 2.47. The van der Waals surface area contributed by atoms with Crippen molar-refractivity contribution in [3.63, 3.8) is 0 Å². The quantitative estimate of drug-likeness (QED) is 0.706. The monoisotopic (exact) mass is 437 g/mol. The van der Waals surface area contributed by atoms with E-state index in [2.05, 4.69) is 27.9 Å². The average Bonchev–Trinajstić information content (AvgIpc) is 3.10. The van der Waals surface area contributed by atoms with E-state index in [0.29, 0.717) is 23.6 Å². The van der Waals surface area contributed by atoms with E-state index in [-0.39, 0.29) is 12.0 Å². The highest BCUT2D eigenvalue weighted by atomic mass is 127. The molecular weight excluding hydrogens is 417 g/mol. The summed E-state index contributed by atoms with van der Waals surface area (Å²) in [6, 6.07) is 13.2. The fraction of sp³-hybridized carbons (Fsp3) is 0.316. The number of nitrogens with one attached hydrogen (secondary N) is 1. The number of para-hydroxylation sites is 2. The first-order valence-electron chi connectivity index (χ1n) is 8.04. The molecule has 1 fully saturated rings. The number of carbonyl (C=O) groups is 1. The normalized spacial score (nSPS) is 16.8. The Morgan fingerprint density at radius 1 is 1.33 bits per heavy atom. The highest BCUT2D eigenvalue weighted by Crippen LogP contribution is 2.26. The van der Waals surface area contributed by atoms with Crippen LogP contribution < -0.4 is 10.1 Å². The number of benzene rings is 2. The molecule has 1 N–H and O–H groups in total. The zero-order valence-electron chi connectivity index (χ0n) is 13.5. The summed E-state index contributed by atoms with van der Waals surface area (Å²) in [7, 11) is 0. The highest BCUT2D eigenvalue weighted by molar-refractivity contribution is 14.1. The van der Waals surface area contributed by atoms with Crippen molar-refractivity contribution in [1.82, 2.24) is 0 Å². The molecule has 0 aromatic heterocycles. The Hall–Kier alpha value is -1.60. The summed E-state index contributed by atoms with van der Waals surface area (Å²) in [6.45, 7) is 3.34. The number of anilines is 1. The van der Waals surface area contributed by atoms with E-state index in [1.54, 1.807) is 0 Å². The van der Waals surface area contributed by atoms with Gasteiger partial charge in [-0.3, -0.25) is 4.79 Å². The van der Waals surface area contributed by atoms with Crippen LogP contribution in [0.4, 0.5) is 5.69 Å². The van der Waals surface area contributed by atoms with Crippen molar-refractivity contribution in [3.05, 3.63) is 57.2 Å². The standard InChI is InChI=1S/C19H20INO3/c1-13-8-9-14(11-16(13)20)19(22)21-17-6-2-3-7-18(17)24-12-15-5-4-10-23-15/h2-3,6-9,11,15H,4-5,10,12H2,1H3,(H,21,22). The Morgan fingerprint density at radius 2 is 2.17 bits per heavy atom. The lowest BCUT2D eigenvalue weighted by Gasteiger charge is -2.15. The van der Waals surface area contributed by atoms with Crippen LogP contribution in [-0.2, 0) is 4.74 Å². The molecule has 0 bridgehead atoms. The molecule has 1 unspecified atom stereocenters. The maximum Gasteiger partial charge on any atom is 0.255 e. The lowest BCUT2D eigenvalue weighted by Crippen LogP contribution is -2.18. The molecule has 1 saturated heterocycles. The molecule has 3 rings (SSSR count). The van der Waals surface area contributed by atoms with Crippen LogP contribution in [0.5, 0.6) is 5.75 Å². The van der Waals surface area contributed by atoms with Gasteiger partial charge >= 0.3 is 0 Å². The molecule has 0 aliphatic carbocycles. The second-order valence-electron chi connectivity index (χ2n) is 5.86. The number of hydrogen-bond acceptors (Lipinski definition) is 3. The SMILES string of the molecule is Cc1ccc(C(=O)Nc2ccccc2OCC2CCCO2)cc1I. The van der Waals surface area contributed by atoms with Crippen molar-refractivity contribution in [2.45, 2.75) is 25.9 Å². The van der Waals surface area contributed by atoms with Crippen LogP contribution in [0.3, 0.4) is 0 Å². The van der Waals surface area contributed by atoms with Gasteiger partial charge in [0.1, 0.15) is 12.4 Å². The number of halogens is 1. The van der Waals surface area contributed by atoms with Crippen molar-refractivity contribution in [3.8, 4) is 5.75 Å². The first-order chi connectivity index (χ1) is 11.6. The fourth-order valence-corrected chi connectivity index (χ4v) is 3.10. The summed E-state index contributed by atoms with van der Waals surface area (Å²) in [6.07, 6.45) is 2.25. The van der Waals surface area contributed by atoms with Gasteiger partial charge in [0.25, 0.3) is 5.91 Å². The predicted octanol–water partition coefficient (Wildman–Crippen LogP) is 4.41. The van der Waals surface area contributed by atoms with Gasteiger partial charge in [-0.15, -0.1) is 0 Å². The third-order valence-corrected chi connectivity index (χ3v) is 5.18. The fourth-order valence-electron chi connectivity index (χ4n) is 2.58. The number of carbonyl (C=O) groups excluding carboxylic acids is 1. The van der Waals surface area contributed by atoms with Gasteiger partial charge in [0, 0.05) is 15.7 Å². The first-order valence-corrected chi connectivity index (χ1v) is 9.12. The highest BCUT2D eigenvalue weighted by Gasteiger charge is 2.17. The largest absolute Gasteiger partial charge is 0.489 e. The van der Waals surface area contributed by atoms with Crippen molar-refractivity contribution < 1.29 is 14.3 Å². The Morgan fingerprint density at radius 3 is 2.92 bits per heavy atom. The molecule has 1 aliphatic rings. The maximum atomic E-state index is 12.5. The van der Waals surface area contributed by atoms with Gasteiger partial charge in [-0.1, -0.05) is 18.2 Å². The molecule has 5 heteroatoms. The third-order valence-electron chi connectivity index (χ3n) is 4.02. The number of amides is 1. The van der Waals surface area contributed by atoms with Crippen molar-refractivity contribution >= 4 is 34.2 Å². The summed E-state index contributed by atoms with van der Waals surface area (Å²) in [5.74, 6) is 0.532. The summed E-state index contributed by atoms with van der Waals surface area (Å²) in [5, 5.41) is 2.94. The van der Waals surface area contributed by atoms with E-state index in [0.717, 1.165) is 28.6 Å². The summed E-state index contributed by atoms with van der Waals surface area (Å²) >= 11 is 2.24. The number of ether oxygens (including phenoxy) is 2. The molecular formula is C19H20INO3. The Bertz CT molecular complexity index is 726. The molecule has 1 amide bonds. The topological polar surface area (TPSA) is 47.6 Å². The van der Waals surface area contributed by atoms with Gasteiger partial charge in [0.2, 0.25) is 0 Å². The molecule has 4 nitrogen and oxygen atoms in total. The van der Waals surface area contributed by atoms with Crippen LogP contribution in [-0.4, -0.2) is 25.2 Å². The molecule has 0 spiro atoms. The molecule has 0 radical (unpaired) electrons. The molecule has 2 aromatic rings. The average molecular weight is 437 g/mol. The minimum atomic E-state index is -0.138. The van der Waals surface area contributed by atoms with E-state index in [4.69, 9.17) is 9.47 Å². The third kappa shape index (κ3) is 4.27. The van der Waals surface area contributed by atoms with Crippen molar-refractivity contribution in [1.29, 1.82) is 0 Å². The number of hydrogen-bond donors (Lipinski definition) is 1. The lowest BCUT2D eigenvalue weighted by molar-refractivity contribution is 0.0682. The van der Waals surface area contributed by atoms with Gasteiger partial charge in [-0.05, 0) is 72.2 Å². The molecule has 0 saturated carbocycles. The number of rotatable bonds is 5. The first kappa shape index (κ1) is 17.2. The van der Waals surface area contributed by atoms with Crippen LogP contribution in [0.1, 0.15) is 28.8 Å². The Labute approximate surface area is 155 Å². The second-order valence-corrected chi connectivity index (χ2v) is 7.02. The number of aryl methyl sites for hydroxylation is 1. The van der Waals surface area contributed by atoms with Gasteiger partial charge in [-0.25, -0.2) is 0 Å². The van der Waals surface area contributed by atoms with Gasteiger partial charge in [-0.2, -0.15) is 0 Å². The van der Waals surface area contributed by atoms with E-state index >= 15 is 0 Å². The molecule has 24 heavy (non-hydrogen) atoms. The zero-order valence-corrected chi connectivity index (χ0v) is 15.7. The minimum absolute atomic E-state index is 0.138. The molecule has 1 atom stereocenters. The van der Waals surface area contributed by atoms with Gasteiger partial charge in [0.15, 0.2) is 0 Å². The zero-order chi connectivity index (χ0) is 16.9. The van der Waals surface area contributed by atoms with E-state index in [1.165, 1.54) is 0 Å². The maximum absolute atomic E-state index is 12.5. The minimum Gasteiger partial charge on any atom is -0.489 e. The lowest BCUT2D eigenvalue weighted by atomic mass is 10.1. The summed E-state index contributed by atoms with van der Waals surface area (Å²) < 4.78 is 12.5. The predicted molar refractivity (Wildman–Crippen MR) is 103 cm³/mol.